The van der Waals surface area contributed by atoms with Gasteiger partial charge in [-0.15, -0.1) is 11.8 Å². The highest BCUT2D eigenvalue weighted by atomic mass is 32.2. The molecule has 0 aromatic heterocycles. The number of amides is 1. The van der Waals surface area contributed by atoms with Gasteiger partial charge in [-0.25, -0.2) is 0 Å². The maximum atomic E-state index is 11.4. The number of hydrogen-bond donors (Lipinski definition) is 2. The molecule has 0 saturated carbocycles. The van der Waals surface area contributed by atoms with E-state index in [9.17, 15) is 4.79 Å². The summed E-state index contributed by atoms with van der Waals surface area (Å²) >= 11 is 1.74. The van der Waals surface area contributed by atoms with E-state index in [4.69, 9.17) is 4.74 Å². The Balaban J connectivity index is 1.99. The second-order valence-corrected chi connectivity index (χ2v) is 4.85. The van der Waals surface area contributed by atoms with Crippen LogP contribution in [0.2, 0.25) is 0 Å². The van der Waals surface area contributed by atoms with E-state index < -0.39 is 0 Å². The summed E-state index contributed by atoms with van der Waals surface area (Å²) in [7, 11) is 1.64. The molecule has 1 rings (SSSR count). The zero-order chi connectivity index (χ0) is 13.1. The predicted molar refractivity (Wildman–Crippen MR) is 74.9 cm³/mol. The molecule has 1 aromatic rings. The van der Waals surface area contributed by atoms with E-state index in [1.54, 1.807) is 18.9 Å². The average molecular weight is 268 g/mol. The van der Waals surface area contributed by atoms with Crippen molar-refractivity contribution < 1.29 is 9.53 Å². The summed E-state index contributed by atoms with van der Waals surface area (Å²) in [6.45, 7) is 2.35. The first-order valence-corrected chi connectivity index (χ1v) is 6.95. The van der Waals surface area contributed by atoms with Crippen molar-refractivity contribution in [2.24, 2.45) is 0 Å². The number of thioether (sulfide) groups is 1. The van der Waals surface area contributed by atoms with Crippen LogP contribution in [0.3, 0.4) is 0 Å². The first kappa shape index (κ1) is 15.0. The van der Waals surface area contributed by atoms with Gasteiger partial charge in [0, 0.05) is 30.8 Å². The normalized spacial score (nSPS) is 10.3. The fourth-order valence-corrected chi connectivity index (χ4v) is 2.10. The van der Waals surface area contributed by atoms with Crippen LogP contribution in [-0.4, -0.2) is 45.0 Å². The minimum Gasteiger partial charge on any atom is -0.383 e. The molecule has 2 N–H and O–H groups in total. The first-order chi connectivity index (χ1) is 8.83. The number of carbonyl (C=O) groups excluding carboxylic acids is 1. The second kappa shape index (κ2) is 9.94. The van der Waals surface area contributed by atoms with Crippen LogP contribution in [0.15, 0.2) is 35.2 Å². The molecule has 0 fully saturated rings. The van der Waals surface area contributed by atoms with Gasteiger partial charge in [0.25, 0.3) is 0 Å². The summed E-state index contributed by atoms with van der Waals surface area (Å²) in [6, 6.07) is 10.2. The fourth-order valence-electron chi connectivity index (χ4n) is 1.31. The van der Waals surface area contributed by atoms with Crippen molar-refractivity contribution in [3.63, 3.8) is 0 Å². The van der Waals surface area contributed by atoms with Gasteiger partial charge in [-0.2, -0.15) is 0 Å². The van der Waals surface area contributed by atoms with Crippen molar-refractivity contribution in [1.82, 2.24) is 10.6 Å². The maximum absolute atomic E-state index is 11.4. The highest BCUT2D eigenvalue weighted by Gasteiger charge is 1.99. The molecule has 0 aliphatic carbocycles. The van der Waals surface area contributed by atoms with Gasteiger partial charge >= 0.3 is 0 Å². The quantitative estimate of drug-likeness (QED) is 0.521. The molecule has 0 aliphatic heterocycles. The van der Waals surface area contributed by atoms with E-state index in [1.807, 2.05) is 18.2 Å². The Morgan fingerprint density at radius 1 is 1.28 bits per heavy atom. The number of hydrogen-bond acceptors (Lipinski definition) is 4. The monoisotopic (exact) mass is 268 g/mol. The van der Waals surface area contributed by atoms with Crippen molar-refractivity contribution in [2.45, 2.75) is 4.90 Å². The highest BCUT2D eigenvalue weighted by Crippen LogP contribution is 2.15. The molecule has 0 unspecified atom stereocenters. The molecule has 0 bridgehead atoms. The van der Waals surface area contributed by atoms with Crippen LogP contribution >= 0.6 is 11.8 Å². The van der Waals surface area contributed by atoms with Crippen molar-refractivity contribution in [1.29, 1.82) is 0 Å². The number of nitrogens with one attached hydrogen (secondary N) is 2. The SMILES string of the molecule is COCCNCC(=O)NCCSc1ccccc1. The minimum atomic E-state index is 0.0276. The molecule has 0 atom stereocenters. The van der Waals surface area contributed by atoms with Crippen molar-refractivity contribution >= 4 is 17.7 Å². The summed E-state index contributed by atoms with van der Waals surface area (Å²) in [5, 5.41) is 5.87. The second-order valence-electron chi connectivity index (χ2n) is 3.68. The Bertz CT molecular complexity index is 333. The van der Waals surface area contributed by atoms with Crippen molar-refractivity contribution in [3.8, 4) is 0 Å². The van der Waals surface area contributed by atoms with E-state index in [0.29, 0.717) is 26.2 Å². The summed E-state index contributed by atoms with van der Waals surface area (Å²) in [5.74, 6) is 0.910. The Morgan fingerprint density at radius 3 is 2.78 bits per heavy atom. The Morgan fingerprint density at radius 2 is 2.06 bits per heavy atom. The van der Waals surface area contributed by atoms with Gasteiger partial charge in [-0.3, -0.25) is 4.79 Å². The van der Waals surface area contributed by atoms with Crippen molar-refractivity contribution in [2.75, 3.05) is 39.1 Å². The summed E-state index contributed by atoms with van der Waals surface area (Å²) in [4.78, 5) is 12.6. The number of rotatable bonds is 9. The van der Waals surface area contributed by atoms with Crippen LogP contribution in [0.5, 0.6) is 0 Å². The van der Waals surface area contributed by atoms with Gasteiger partial charge in [0.1, 0.15) is 0 Å². The number of methoxy groups -OCH3 is 1. The first-order valence-electron chi connectivity index (χ1n) is 5.97. The van der Waals surface area contributed by atoms with Gasteiger partial charge in [0.2, 0.25) is 5.91 Å². The Hall–Kier alpha value is -1.04. The third-order valence-corrected chi connectivity index (χ3v) is 3.22. The third kappa shape index (κ3) is 7.32. The van der Waals surface area contributed by atoms with Crippen LogP contribution in [0.4, 0.5) is 0 Å². The third-order valence-electron chi connectivity index (χ3n) is 2.20. The van der Waals surface area contributed by atoms with Gasteiger partial charge < -0.3 is 15.4 Å². The van der Waals surface area contributed by atoms with E-state index in [-0.39, 0.29) is 5.91 Å². The predicted octanol–water partition coefficient (Wildman–Crippen LogP) is 1.13. The highest BCUT2D eigenvalue weighted by molar-refractivity contribution is 7.99. The smallest absolute Gasteiger partial charge is 0.233 e. The van der Waals surface area contributed by atoms with E-state index in [1.165, 1.54) is 4.90 Å². The Kier molecular flexibility index (Phi) is 8.29. The molecule has 4 nitrogen and oxygen atoms in total. The van der Waals surface area contributed by atoms with Gasteiger partial charge in [-0.05, 0) is 12.1 Å². The van der Waals surface area contributed by atoms with Crippen LogP contribution in [0.25, 0.3) is 0 Å². The standard InChI is InChI=1S/C13H20N2O2S/c1-17-9-7-14-11-13(16)15-8-10-18-12-5-3-2-4-6-12/h2-6,14H,7-11H2,1H3,(H,15,16). The number of carbonyl (C=O) groups is 1. The lowest BCUT2D eigenvalue weighted by molar-refractivity contribution is -0.120. The fraction of sp³-hybridized carbons (Fsp3) is 0.462. The molecule has 1 aromatic carbocycles. The summed E-state index contributed by atoms with van der Waals surface area (Å²) in [5.41, 5.74) is 0. The molecular formula is C13H20N2O2S. The molecule has 5 heteroatoms. The van der Waals surface area contributed by atoms with Gasteiger partial charge in [0.05, 0.1) is 13.2 Å². The topological polar surface area (TPSA) is 50.4 Å². The minimum absolute atomic E-state index is 0.0276. The largest absolute Gasteiger partial charge is 0.383 e. The lowest BCUT2D eigenvalue weighted by atomic mass is 10.4. The molecule has 1 amide bonds. The van der Waals surface area contributed by atoms with Gasteiger partial charge in [-0.1, -0.05) is 18.2 Å². The molecule has 18 heavy (non-hydrogen) atoms. The molecule has 0 aliphatic rings. The van der Waals surface area contributed by atoms with Crippen molar-refractivity contribution in [3.05, 3.63) is 30.3 Å². The molecule has 0 radical (unpaired) electrons. The number of ether oxygens (including phenoxy) is 1. The molecule has 0 saturated heterocycles. The van der Waals surface area contributed by atoms with Crippen LogP contribution in [0, 0.1) is 0 Å². The van der Waals surface area contributed by atoms with Gasteiger partial charge in [0.15, 0.2) is 0 Å². The zero-order valence-corrected chi connectivity index (χ0v) is 11.5. The van der Waals surface area contributed by atoms with E-state index in [2.05, 4.69) is 22.8 Å². The molecule has 0 heterocycles. The van der Waals surface area contributed by atoms with Crippen LogP contribution in [-0.2, 0) is 9.53 Å². The Labute approximate surface area is 112 Å². The lowest BCUT2D eigenvalue weighted by Gasteiger charge is -2.06. The number of benzene rings is 1. The van der Waals surface area contributed by atoms with Crippen LogP contribution in [0.1, 0.15) is 0 Å². The molecule has 100 valence electrons. The zero-order valence-electron chi connectivity index (χ0n) is 10.6. The van der Waals surface area contributed by atoms with Crippen LogP contribution < -0.4 is 10.6 Å². The summed E-state index contributed by atoms with van der Waals surface area (Å²) in [6.07, 6.45) is 0. The summed E-state index contributed by atoms with van der Waals surface area (Å²) < 4.78 is 4.87. The molecular weight excluding hydrogens is 248 g/mol. The average Bonchev–Trinajstić information content (AvgIpc) is 2.41. The lowest BCUT2D eigenvalue weighted by Crippen LogP contribution is -2.36. The van der Waals surface area contributed by atoms with E-state index >= 15 is 0 Å². The molecule has 0 spiro atoms. The maximum Gasteiger partial charge on any atom is 0.233 e. The van der Waals surface area contributed by atoms with E-state index in [0.717, 1.165) is 5.75 Å².